The number of hydrogen-bond acceptors (Lipinski definition) is 8. The van der Waals surface area contributed by atoms with Gasteiger partial charge in [0.2, 0.25) is 17.7 Å². The van der Waals surface area contributed by atoms with E-state index in [1.54, 1.807) is 0 Å². The number of hydrogen-bond donors (Lipinski definition) is 4. The summed E-state index contributed by atoms with van der Waals surface area (Å²) in [6.45, 7) is 4.08. The number of phenolic OH excluding ortho intramolecular Hbond substituents is 2. The molecule has 4 aromatic carbocycles. The molecular weight excluding hydrogens is 811 g/mol. The van der Waals surface area contributed by atoms with Crippen LogP contribution >= 0.6 is 0 Å². The number of rotatable bonds is 17. The number of carbonyl (C=O) groups excluding carboxylic acids is 5. The van der Waals surface area contributed by atoms with Crippen molar-refractivity contribution in [2.24, 2.45) is 5.92 Å². The zero-order chi connectivity index (χ0) is 45.9. The number of carbonyl (C=O) groups is 6. The molecule has 6 rings (SSSR count). The van der Waals surface area contributed by atoms with Gasteiger partial charge in [-0.1, -0.05) is 101 Å². The first-order valence-corrected chi connectivity index (χ1v) is 23.1. The second kappa shape index (κ2) is 22.0. The van der Waals surface area contributed by atoms with E-state index in [-0.39, 0.29) is 60.0 Å². The predicted molar refractivity (Wildman–Crippen MR) is 246 cm³/mol. The number of phenols is 2. The predicted octanol–water partition coefficient (Wildman–Crippen LogP) is 8.87. The van der Waals surface area contributed by atoms with Gasteiger partial charge in [-0.2, -0.15) is 0 Å². The quantitative estimate of drug-likeness (QED) is 0.0595. The van der Waals surface area contributed by atoms with Gasteiger partial charge in [0.05, 0.1) is 0 Å². The number of benzene rings is 4. The second-order valence-electron chi connectivity index (χ2n) is 17.8. The number of Topliss-reactive ketones (excluding diaryl/α,β-unsaturated/α-hetero) is 2. The van der Waals surface area contributed by atoms with Crippen molar-refractivity contribution in [3.05, 3.63) is 95.1 Å². The molecule has 4 aromatic rings. The lowest BCUT2D eigenvalue weighted by atomic mass is 9.89. The fourth-order valence-electron chi connectivity index (χ4n) is 9.21. The van der Waals surface area contributed by atoms with Crippen LogP contribution in [0.4, 0.5) is 0 Å². The Hall–Kier alpha value is -6.04. The van der Waals surface area contributed by atoms with Crippen LogP contribution in [0.1, 0.15) is 137 Å². The normalized spacial score (nSPS) is 19.0. The number of aromatic hydroxyl groups is 2. The summed E-state index contributed by atoms with van der Waals surface area (Å²) in [5.41, 5.74) is 3.00. The third-order valence-electron chi connectivity index (χ3n) is 12.9. The molecule has 12 nitrogen and oxygen atoms in total. The van der Waals surface area contributed by atoms with Gasteiger partial charge in [-0.3, -0.25) is 24.0 Å². The number of carboxylic acids is 1. The van der Waals surface area contributed by atoms with Gasteiger partial charge in [-0.25, -0.2) is 4.79 Å². The first kappa shape index (κ1) is 47.4. The Morgan fingerprint density at radius 2 is 1.44 bits per heavy atom. The van der Waals surface area contributed by atoms with Crippen LogP contribution in [0.5, 0.6) is 11.5 Å². The van der Waals surface area contributed by atoms with Crippen molar-refractivity contribution < 1.29 is 44.1 Å². The molecular formula is C52H63N3O9. The number of unbranched alkanes of at least 4 members (excludes halogenated alkanes) is 7. The van der Waals surface area contributed by atoms with Crippen LogP contribution in [-0.2, 0) is 36.8 Å². The monoisotopic (exact) mass is 873 g/mol. The Balaban J connectivity index is 1.10. The van der Waals surface area contributed by atoms with Gasteiger partial charge in [0.1, 0.15) is 29.6 Å². The highest BCUT2D eigenvalue weighted by molar-refractivity contribution is 6.00. The van der Waals surface area contributed by atoms with Gasteiger partial charge in [0, 0.05) is 61.9 Å². The standard InChI is InChI=1S/C52H63N3O9/c1-4-5-6-7-8-9-10-11-14-34-18-20-37-31-38(22-21-36(37)28-34)44(56)16-12-17-48(60)55-26-13-15-43(55)51(62)54(3)49-39-23-25-46(58)41(32-39)40-29-35(19-24-45(40)57)30-42(52(63)64)53-50(61)33(2)27-47(49)59/h18-25,28-29,31-33,42-43,49,57-58H,4-17,26-27,30H2,1-3H3,(H,53,61)(H,63,64)/t33-,42+,43+,49+/m1/s1. The molecule has 4 N–H and O–H groups in total. The smallest absolute Gasteiger partial charge is 0.326 e. The third kappa shape index (κ3) is 11.7. The number of aliphatic carboxylic acids is 1. The van der Waals surface area contributed by atoms with Gasteiger partial charge in [0.25, 0.3) is 0 Å². The van der Waals surface area contributed by atoms with Crippen LogP contribution in [0.3, 0.4) is 0 Å². The van der Waals surface area contributed by atoms with Gasteiger partial charge >= 0.3 is 5.97 Å². The van der Waals surface area contributed by atoms with Crippen molar-refractivity contribution in [1.29, 1.82) is 0 Å². The minimum Gasteiger partial charge on any atom is -0.507 e. The van der Waals surface area contributed by atoms with Crippen molar-refractivity contribution in [2.45, 2.75) is 135 Å². The van der Waals surface area contributed by atoms with E-state index in [0.29, 0.717) is 42.5 Å². The Morgan fingerprint density at radius 3 is 2.17 bits per heavy atom. The van der Waals surface area contributed by atoms with Gasteiger partial charge in [0.15, 0.2) is 11.6 Å². The molecule has 0 unspecified atom stereocenters. The summed E-state index contributed by atoms with van der Waals surface area (Å²) in [5.74, 6) is -4.65. The van der Waals surface area contributed by atoms with E-state index in [9.17, 15) is 44.1 Å². The highest BCUT2D eigenvalue weighted by Gasteiger charge is 2.40. The van der Waals surface area contributed by atoms with Crippen molar-refractivity contribution >= 4 is 46.0 Å². The summed E-state index contributed by atoms with van der Waals surface area (Å²) < 4.78 is 0. The fourth-order valence-corrected chi connectivity index (χ4v) is 9.21. The number of carboxylic acid groups (broad SMARTS) is 1. The summed E-state index contributed by atoms with van der Waals surface area (Å²) in [7, 11) is 1.46. The molecule has 340 valence electrons. The van der Waals surface area contributed by atoms with Crippen LogP contribution in [0.15, 0.2) is 72.8 Å². The van der Waals surface area contributed by atoms with Crippen LogP contribution in [0.2, 0.25) is 0 Å². The van der Waals surface area contributed by atoms with Crippen molar-refractivity contribution in [3.63, 3.8) is 0 Å². The van der Waals surface area contributed by atoms with E-state index < -0.39 is 47.6 Å². The van der Waals surface area contributed by atoms with Crippen LogP contribution in [0.25, 0.3) is 21.9 Å². The Labute approximate surface area is 376 Å². The second-order valence-corrected chi connectivity index (χ2v) is 17.8. The summed E-state index contributed by atoms with van der Waals surface area (Å²) in [6.07, 6.45) is 12.3. The number of nitrogens with one attached hydrogen (secondary N) is 1. The lowest BCUT2D eigenvalue weighted by Gasteiger charge is -2.33. The molecule has 0 spiro atoms. The summed E-state index contributed by atoms with van der Waals surface area (Å²) >= 11 is 0. The third-order valence-corrected chi connectivity index (χ3v) is 12.9. The minimum absolute atomic E-state index is 0.0606. The Kier molecular flexibility index (Phi) is 16.3. The topological polar surface area (TPSA) is 182 Å². The molecule has 0 saturated carbocycles. The first-order chi connectivity index (χ1) is 30.7. The number of amides is 3. The van der Waals surface area contributed by atoms with E-state index in [2.05, 4.69) is 30.4 Å². The molecule has 64 heavy (non-hydrogen) atoms. The summed E-state index contributed by atoms with van der Waals surface area (Å²) in [5, 5.41) is 36.4. The molecule has 2 aliphatic heterocycles. The molecule has 0 aliphatic carbocycles. The molecule has 0 radical (unpaired) electrons. The summed E-state index contributed by atoms with van der Waals surface area (Å²) in [4.78, 5) is 84.0. The van der Waals surface area contributed by atoms with E-state index in [1.165, 1.54) is 117 Å². The lowest BCUT2D eigenvalue weighted by molar-refractivity contribution is -0.147. The van der Waals surface area contributed by atoms with E-state index in [4.69, 9.17) is 0 Å². The number of ketones is 2. The molecule has 3 amide bonds. The maximum atomic E-state index is 14.4. The van der Waals surface area contributed by atoms with Gasteiger partial charge in [-0.05, 0) is 89.9 Å². The highest BCUT2D eigenvalue weighted by Crippen LogP contribution is 2.39. The number of fused-ring (bicyclic) bond motifs is 6. The zero-order valence-corrected chi connectivity index (χ0v) is 37.4. The van der Waals surface area contributed by atoms with Crippen molar-refractivity contribution in [3.8, 4) is 22.6 Å². The fraction of sp³-hybridized carbons (Fsp3) is 0.462. The average Bonchev–Trinajstić information content (AvgIpc) is 3.78. The largest absolute Gasteiger partial charge is 0.507 e. The molecule has 1 fully saturated rings. The van der Waals surface area contributed by atoms with Crippen molar-refractivity contribution in [1.82, 2.24) is 15.1 Å². The Bertz CT molecular complexity index is 2360. The van der Waals surface area contributed by atoms with Crippen LogP contribution in [0, 0.1) is 5.92 Å². The molecule has 0 aromatic heterocycles. The first-order valence-electron chi connectivity index (χ1n) is 23.1. The highest BCUT2D eigenvalue weighted by atomic mass is 16.4. The molecule has 2 aliphatic rings. The molecule has 1 saturated heterocycles. The maximum Gasteiger partial charge on any atom is 0.326 e. The number of aryl methyl sites for hydroxylation is 1. The Morgan fingerprint density at radius 1 is 0.766 bits per heavy atom. The molecule has 4 atom stereocenters. The molecule has 2 heterocycles. The van der Waals surface area contributed by atoms with E-state index in [0.717, 1.165) is 17.2 Å². The lowest BCUT2D eigenvalue weighted by Crippen LogP contribution is -2.49. The van der Waals surface area contributed by atoms with E-state index in [1.807, 2.05) is 18.2 Å². The number of likely N-dealkylation sites (tertiary alicyclic amines) is 1. The van der Waals surface area contributed by atoms with Crippen molar-refractivity contribution in [2.75, 3.05) is 13.6 Å². The summed E-state index contributed by atoms with van der Waals surface area (Å²) in [6, 6.07) is 17.5. The van der Waals surface area contributed by atoms with Gasteiger partial charge < -0.3 is 30.4 Å². The zero-order valence-electron chi connectivity index (χ0n) is 37.4. The van der Waals surface area contributed by atoms with Crippen LogP contribution in [-0.4, -0.2) is 86.1 Å². The SMILES string of the molecule is CCCCCCCCCCc1ccc2cc(C(=O)CCCC(=O)N3CCC[C@H]3C(=O)N(C)[C@@H]3C(=O)C[C@@H](C)C(=O)N[C@H](C(=O)O)Cc4ccc(O)c(c4)-c4cc3ccc4O)ccc2c1. The van der Waals surface area contributed by atoms with Crippen LogP contribution < -0.4 is 5.32 Å². The van der Waals surface area contributed by atoms with E-state index >= 15 is 0 Å². The number of likely N-dealkylation sites (N-methyl/N-ethyl adjacent to an activating group) is 1. The molecule has 4 bridgehead atoms. The average molecular weight is 874 g/mol. The van der Waals surface area contributed by atoms with Gasteiger partial charge in [-0.15, -0.1) is 0 Å². The molecule has 12 heteroatoms. The maximum absolute atomic E-state index is 14.4. The number of nitrogens with zero attached hydrogens (tertiary/aromatic N) is 2. The minimum atomic E-state index is -1.34.